The minimum Gasteiger partial charge on any atom is -0.481 e. The molecule has 0 heterocycles. The summed E-state index contributed by atoms with van der Waals surface area (Å²) in [7, 11) is 0. The lowest BCUT2D eigenvalue weighted by Gasteiger charge is -2.10. The molecule has 1 aromatic rings. The Balaban J connectivity index is 2.79. The van der Waals surface area contributed by atoms with Gasteiger partial charge in [0.1, 0.15) is 5.75 Å². The van der Waals surface area contributed by atoms with E-state index in [4.69, 9.17) is 5.11 Å². The minimum absolute atomic E-state index is 0.367. The first-order chi connectivity index (χ1) is 7.29. The number of carbonyl (C=O) groups is 1. The van der Waals surface area contributed by atoms with E-state index in [1.54, 1.807) is 0 Å². The number of halogens is 3. The second kappa shape index (κ2) is 4.42. The fourth-order valence-electron chi connectivity index (χ4n) is 1.10. The summed E-state index contributed by atoms with van der Waals surface area (Å²) in [5.41, 5.74) is 0.419. The van der Waals surface area contributed by atoms with Gasteiger partial charge in [-0.05, 0) is 24.6 Å². The van der Waals surface area contributed by atoms with Gasteiger partial charge < -0.3 is 9.84 Å². The van der Waals surface area contributed by atoms with Crippen LogP contribution in [0.15, 0.2) is 24.3 Å². The molecule has 0 fully saturated rings. The van der Waals surface area contributed by atoms with Gasteiger partial charge in [-0.1, -0.05) is 12.1 Å². The Morgan fingerprint density at radius 2 is 1.81 bits per heavy atom. The van der Waals surface area contributed by atoms with E-state index in [0.29, 0.717) is 5.56 Å². The zero-order valence-electron chi connectivity index (χ0n) is 8.28. The molecule has 0 spiro atoms. The SMILES string of the molecule is C[C@H](C(=O)O)c1ccc(OC(F)(F)F)cc1. The lowest BCUT2D eigenvalue weighted by molar-refractivity contribution is -0.274. The normalized spacial score (nSPS) is 13.2. The van der Waals surface area contributed by atoms with Crippen LogP contribution in [0.5, 0.6) is 5.75 Å². The van der Waals surface area contributed by atoms with Crippen LogP contribution < -0.4 is 4.74 Å². The fraction of sp³-hybridized carbons (Fsp3) is 0.300. The van der Waals surface area contributed by atoms with Crippen LogP contribution in [0.2, 0.25) is 0 Å². The van der Waals surface area contributed by atoms with Crippen LogP contribution in [0.3, 0.4) is 0 Å². The molecule has 1 N–H and O–H groups in total. The molecule has 3 nitrogen and oxygen atoms in total. The molecule has 1 rings (SSSR count). The number of carboxylic acids is 1. The Bertz CT molecular complexity index is 370. The van der Waals surface area contributed by atoms with Gasteiger partial charge in [-0.15, -0.1) is 13.2 Å². The fourth-order valence-corrected chi connectivity index (χ4v) is 1.10. The molecule has 1 atom stereocenters. The molecule has 0 aliphatic carbocycles. The third-order valence-electron chi connectivity index (χ3n) is 1.98. The maximum absolute atomic E-state index is 11.8. The highest BCUT2D eigenvalue weighted by Gasteiger charge is 2.31. The number of hydrogen-bond donors (Lipinski definition) is 1. The highest BCUT2D eigenvalue weighted by molar-refractivity contribution is 5.75. The van der Waals surface area contributed by atoms with Gasteiger partial charge in [-0.2, -0.15) is 0 Å². The van der Waals surface area contributed by atoms with Crippen molar-refractivity contribution in [3.63, 3.8) is 0 Å². The van der Waals surface area contributed by atoms with E-state index < -0.39 is 18.2 Å². The number of aliphatic carboxylic acids is 1. The number of hydrogen-bond acceptors (Lipinski definition) is 2. The zero-order valence-corrected chi connectivity index (χ0v) is 8.28. The van der Waals surface area contributed by atoms with E-state index in [0.717, 1.165) is 12.1 Å². The molecule has 0 saturated carbocycles. The topological polar surface area (TPSA) is 46.5 Å². The molecule has 16 heavy (non-hydrogen) atoms. The molecular formula is C10H9F3O3. The maximum Gasteiger partial charge on any atom is 0.573 e. The molecule has 88 valence electrons. The summed E-state index contributed by atoms with van der Waals surface area (Å²) in [6.07, 6.45) is -4.74. The van der Waals surface area contributed by atoms with Crippen LogP contribution in [0.4, 0.5) is 13.2 Å². The summed E-state index contributed by atoms with van der Waals surface area (Å²) in [6, 6.07) is 4.75. The second-order valence-electron chi connectivity index (χ2n) is 3.18. The molecule has 0 amide bonds. The van der Waals surface area contributed by atoms with E-state index in [-0.39, 0.29) is 5.75 Å². The minimum atomic E-state index is -4.74. The monoisotopic (exact) mass is 234 g/mol. The zero-order chi connectivity index (χ0) is 12.3. The Morgan fingerprint density at radius 1 is 1.31 bits per heavy atom. The van der Waals surface area contributed by atoms with Crippen LogP contribution in [-0.4, -0.2) is 17.4 Å². The van der Waals surface area contributed by atoms with Gasteiger partial charge in [0.25, 0.3) is 0 Å². The standard InChI is InChI=1S/C10H9F3O3/c1-6(9(14)15)7-2-4-8(5-3-7)16-10(11,12)13/h2-6H,1H3,(H,14,15)/t6-/m0/s1. The molecule has 1 aromatic carbocycles. The molecular weight excluding hydrogens is 225 g/mol. The summed E-state index contributed by atoms with van der Waals surface area (Å²) in [4.78, 5) is 10.6. The van der Waals surface area contributed by atoms with Gasteiger partial charge in [-0.3, -0.25) is 4.79 Å². The molecule has 0 radical (unpaired) electrons. The third-order valence-corrected chi connectivity index (χ3v) is 1.98. The summed E-state index contributed by atoms with van der Waals surface area (Å²) in [5.74, 6) is -2.17. The van der Waals surface area contributed by atoms with Crippen LogP contribution in [0.1, 0.15) is 18.4 Å². The number of ether oxygens (including phenoxy) is 1. The molecule has 0 aromatic heterocycles. The van der Waals surface area contributed by atoms with E-state index in [1.165, 1.54) is 19.1 Å². The van der Waals surface area contributed by atoms with Gasteiger partial charge >= 0.3 is 12.3 Å². The van der Waals surface area contributed by atoms with Crippen LogP contribution in [-0.2, 0) is 4.79 Å². The largest absolute Gasteiger partial charge is 0.573 e. The van der Waals surface area contributed by atoms with Gasteiger partial charge in [0.15, 0.2) is 0 Å². The summed E-state index contributed by atoms with van der Waals surface area (Å²) >= 11 is 0. The highest BCUT2D eigenvalue weighted by Crippen LogP contribution is 2.24. The second-order valence-corrected chi connectivity index (χ2v) is 3.18. The Morgan fingerprint density at radius 3 is 2.19 bits per heavy atom. The average molecular weight is 234 g/mol. The van der Waals surface area contributed by atoms with Crippen molar-refractivity contribution in [1.82, 2.24) is 0 Å². The third kappa shape index (κ3) is 3.45. The van der Waals surface area contributed by atoms with Gasteiger partial charge in [0.05, 0.1) is 5.92 Å². The highest BCUT2D eigenvalue weighted by atomic mass is 19.4. The quantitative estimate of drug-likeness (QED) is 0.874. The molecule has 0 bridgehead atoms. The van der Waals surface area contributed by atoms with E-state index in [9.17, 15) is 18.0 Å². The number of benzene rings is 1. The van der Waals surface area contributed by atoms with Crippen LogP contribution >= 0.6 is 0 Å². The van der Waals surface area contributed by atoms with E-state index in [2.05, 4.69) is 4.74 Å². The molecule has 0 saturated heterocycles. The smallest absolute Gasteiger partial charge is 0.481 e. The number of carboxylic acid groups (broad SMARTS) is 1. The van der Waals surface area contributed by atoms with Gasteiger partial charge in [0.2, 0.25) is 0 Å². The summed E-state index contributed by atoms with van der Waals surface area (Å²) in [6.45, 7) is 1.45. The predicted molar refractivity (Wildman–Crippen MR) is 49.2 cm³/mol. The number of alkyl halides is 3. The first-order valence-electron chi connectivity index (χ1n) is 4.38. The number of rotatable bonds is 3. The maximum atomic E-state index is 11.8. The van der Waals surface area contributed by atoms with Crippen molar-refractivity contribution >= 4 is 5.97 Å². The summed E-state index contributed by atoms with van der Waals surface area (Å²) < 4.78 is 39.1. The lowest BCUT2D eigenvalue weighted by Crippen LogP contribution is -2.17. The van der Waals surface area contributed by atoms with Crippen molar-refractivity contribution in [3.05, 3.63) is 29.8 Å². The molecule has 0 aliphatic heterocycles. The van der Waals surface area contributed by atoms with Crippen molar-refractivity contribution < 1.29 is 27.8 Å². The first-order valence-corrected chi connectivity index (χ1v) is 4.38. The average Bonchev–Trinajstić information content (AvgIpc) is 2.15. The van der Waals surface area contributed by atoms with Gasteiger partial charge in [-0.25, -0.2) is 0 Å². The molecule has 0 unspecified atom stereocenters. The predicted octanol–water partition coefficient (Wildman–Crippen LogP) is 2.77. The first kappa shape index (κ1) is 12.4. The van der Waals surface area contributed by atoms with Crippen molar-refractivity contribution in [3.8, 4) is 5.75 Å². The van der Waals surface area contributed by atoms with Crippen LogP contribution in [0, 0.1) is 0 Å². The van der Waals surface area contributed by atoms with Crippen molar-refractivity contribution in [2.75, 3.05) is 0 Å². The van der Waals surface area contributed by atoms with Crippen molar-refractivity contribution in [2.24, 2.45) is 0 Å². The summed E-state index contributed by atoms with van der Waals surface area (Å²) in [5, 5.41) is 8.68. The van der Waals surface area contributed by atoms with Crippen molar-refractivity contribution in [2.45, 2.75) is 19.2 Å². The van der Waals surface area contributed by atoms with Gasteiger partial charge in [0, 0.05) is 0 Å². The molecule has 6 heteroatoms. The van der Waals surface area contributed by atoms with E-state index in [1.807, 2.05) is 0 Å². The Labute approximate surface area is 89.5 Å². The van der Waals surface area contributed by atoms with Crippen LogP contribution in [0.25, 0.3) is 0 Å². The molecule has 0 aliphatic rings. The Hall–Kier alpha value is -1.72. The van der Waals surface area contributed by atoms with E-state index >= 15 is 0 Å². The lowest BCUT2D eigenvalue weighted by atomic mass is 10.0. The van der Waals surface area contributed by atoms with Crippen molar-refractivity contribution in [1.29, 1.82) is 0 Å². The Kier molecular flexibility index (Phi) is 3.41.